The first-order chi connectivity index (χ1) is 12.6. The SMILES string of the molecule is O=C(CCCC(=O)Oc1c(F)cccc1Cl)OCCCc1ccccc1. The van der Waals surface area contributed by atoms with E-state index in [1.165, 1.54) is 17.7 Å². The van der Waals surface area contributed by atoms with Crippen LogP contribution >= 0.6 is 11.6 Å². The summed E-state index contributed by atoms with van der Waals surface area (Å²) in [5.41, 5.74) is 1.19. The zero-order valence-electron chi connectivity index (χ0n) is 14.3. The Labute approximate surface area is 156 Å². The van der Waals surface area contributed by atoms with E-state index in [4.69, 9.17) is 21.1 Å². The van der Waals surface area contributed by atoms with Crippen LogP contribution in [-0.4, -0.2) is 18.5 Å². The fraction of sp³-hybridized carbons (Fsp3) is 0.300. The third-order valence-corrected chi connectivity index (χ3v) is 3.91. The maximum Gasteiger partial charge on any atom is 0.311 e. The van der Waals surface area contributed by atoms with Crippen LogP contribution in [0.1, 0.15) is 31.2 Å². The number of ether oxygens (including phenoxy) is 2. The van der Waals surface area contributed by atoms with Crippen LogP contribution in [0.5, 0.6) is 5.75 Å². The lowest BCUT2D eigenvalue weighted by Crippen LogP contribution is -2.11. The van der Waals surface area contributed by atoms with E-state index in [9.17, 15) is 14.0 Å². The second-order valence-corrected chi connectivity index (χ2v) is 6.10. The molecular formula is C20H20ClFO4. The number of hydrogen-bond acceptors (Lipinski definition) is 4. The molecule has 0 unspecified atom stereocenters. The van der Waals surface area contributed by atoms with Crippen molar-refractivity contribution in [3.63, 3.8) is 0 Å². The Balaban J connectivity index is 1.60. The molecule has 138 valence electrons. The van der Waals surface area contributed by atoms with Crippen molar-refractivity contribution in [2.24, 2.45) is 0 Å². The van der Waals surface area contributed by atoms with Gasteiger partial charge in [-0.15, -0.1) is 0 Å². The normalized spacial score (nSPS) is 10.4. The number of aryl methyl sites for hydroxylation is 1. The summed E-state index contributed by atoms with van der Waals surface area (Å²) in [6, 6.07) is 13.9. The lowest BCUT2D eigenvalue weighted by Gasteiger charge is -2.07. The molecule has 4 nitrogen and oxygen atoms in total. The summed E-state index contributed by atoms with van der Waals surface area (Å²) in [4.78, 5) is 23.4. The van der Waals surface area contributed by atoms with Crippen LogP contribution in [0.4, 0.5) is 4.39 Å². The Morgan fingerprint density at radius 2 is 1.65 bits per heavy atom. The number of carbonyl (C=O) groups excluding carboxylic acids is 2. The van der Waals surface area contributed by atoms with Crippen molar-refractivity contribution in [2.45, 2.75) is 32.1 Å². The molecule has 0 saturated carbocycles. The minimum atomic E-state index is -0.705. The molecule has 0 fully saturated rings. The summed E-state index contributed by atoms with van der Waals surface area (Å²) in [6.07, 6.45) is 1.92. The molecule has 26 heavy (non-hydrogen) atoms. The highest BCUT2D eigenvalue weighted by atomic mass is 35.5. The van der Waals surface area contributed by atoms with Crippen LogP contribution in [0.25, 0.3) is 0 Å². The number of para-hydroxylation sites is 1. The van der Waals surface area contributed by atoms with E-state index >= 15 is 0 Å². The smallest absolute Gasteiger partial charge is 0.311 e. The molecule has 2 rings (SSSR count). The molecule has 0 atom stereocenters. The Kier molecular flexibility index (Phi) is 8.09. The number of benzene rings is 2. The van der Waals surface area contributed by atoms with Crippen molar-refractivity contribution in [1.29, 1.82) is 0 Å². The molecule has 0 radical (unpaired) electrons. The zero-order valence-corrected chi connectivity index (χ0v) is 15.0. The van der Waals surface area contributed by atoms with Crippen molar-refractivity contribution in [2.75, 3.05) is 6.61 Å². The van der Waals surface area contributed by atoms with Crippen LogP contribution in [-0.2, 0) is 20.7 Å². The zero-order chi connectivity index (χ0) is 18.8. The standard InChI is InChI=1S/C20H20ClFO4/c21-16-10-4-11-17(22)20(16)26-19(24)13-5-12-18(23)25-14-6-9-15-7-2-1-3-8-15/h1-4,7-8,10-11H,5-6,9,12-14H2. The topological polar surface area (TPSA) is 52.6 Å². The van der Waals surface area contributed by atoms with Gasteiger partial charge in [0.25, 0.3) is 0 Å². The van der Waals surface area contributed by atoms with Gasteiger partial charge in [0.2, 0.25) is 0 Å². The molecule has 0 aliphatic rings. The molecule has 0 spiro atoms. The summed E-state index contributed by atoms with van der Waals surface area (Å²) in [6.45, 7) is 0.336. The largest absolute Gasteiger partial charge is 0.466 e. The monoisotopic (exact) mass is 378 g/mol. The summed E-state index contributed by atoms with van der Waals surface area (Å²) >= 11 is 5.78. The Hall–Kier alpha value is -2.40. The minimum Gasteiger partial charge on any atom is -0.466 e. The van der Waals surface area contributed by atoms with Gasteiger partial charge in [0.05, 0.1) is 11.6 Å². The number of esters is 2. The van der Waals surface area contributed by atoms with Crippen LogP contribution in [0.3, 0.4) is 0 Å². The third-order valence-electron chi connectivity index (χ3n) is 3.61. The van der Waals surface area contributed by atoms with Gasteiger partial charge in [0.1, 0.15) is 0 Å². The van der Waals surface area contributed by atoms with Gasteiger partial charge in [-0.05, 0) is 37.0 Å². The van der Waals surface area contributed by atoms with E-state index in [-0.39, 0.29) is 36.0 Å². The number of hydrogen-bond donors (Lipinski definition) is 0. The molecule has 0 aliphatic carbocycles. The summed E-state index contributed by atoms with van der Waals surface area (Å²) < 4.78 is 23.6. The molecule has 0 saturated heterocycles. The molecule has 0 bridgehead atoms. The Morgan fingerprint density at radius 1 is 0.923 bits per heavy atom. The van der Waals surface area contributed by atoms with Crippen LogP contribution < -0.4 is 4.74 Å². The highest BCUT2D eigenvalue weighted by Crippen LogP contribution is 2.27. The first kappa shape index (κ1) is 19.9. The molecule has 0 amide bonds. The second-order valence-electron chi connectivity index (χ2n) is 5.69. The Bertz CT molecular complexity index is 714. The molecule has 6 heteroatoms. The van der Waals surface area contributed by atoms with Crippen molar-refractivity contribution in [3.05, 3.63) is 64.9 Å². The maximum atomic E-state index is 13.5. The van der Waals surface area contributed by atoms with E-state index < -0.39 is 11.8 Å². The highest BCUT2D eigenvalue weighted by molar-refractivity contribution is 6.32. The van der Waals surface area contributed by atoms with Gasteiger partial charge in [-0.2, -0.15) is 0 Å². The lowest BCUT2D eigenvalue weighted by atomic mass is 10.1. The highest BCUT2D eigenvalue weighted by Gasteiger charge is 2.14. The summed E-state index contributed by atoms with van der Waals surface area (Å²) in [7, 11) is 0. The minimum absolute atomic E-state index is 0.0240. The van der Waals surface area contributed by atoms with E-state index in [2.05, 4.69) is 0 Å². The first-order valence-electron chi connectivity index (χ1n) is 8.40. The van der Waals surface area contributed by atoms with E-state index in [1.807, 2.05) is 30.3 Å². The third kappa shape index (κ3) is 6.84. The summed E-state index contributed by atoms with van der Waals surface area (Å²) in [5, 5.41) is 0.0242. The summed E-state index contributed by atoms with van der Waals surface area (Å²) in [5.74, 6) is -2.00. The maximum absolute atomic E-state index is 13.5. The molecule has 2 aromatic rings. The molecule has 0 aromatic heterocycles. The van der Waals surface area contributed by atoms with Crippen molar-refractivity contribution in [1.82, 2.24) is 0 Å². The molecule has 0 aliphatic heterocycles. The van der Waals surface area contributed by atoms with E-state index in [0.29, 0.717) is 6.61 Å². The predicted octanol–water partition coefficient (Wildman–Crippen LogP) is 4.73. The van der Waals surface area contributed by atoms with Gasteiger partial charge in [-0.25, -0.2) is 4.39 Å². The number of rotatable bonds is 9. The van der Waals surface area contributed by atoms with Crippen molar-refractivity contribution in [3.8, 4) is 5.75 Å². The molecular weight excluding hydrogens is 359 g/mol. The lowest BCUT2D eigenvalue weighted by molar-refractivity contribution is -0.144. The first-order valence-corrected chi connectivity index (χ1v) is 8.78. The van der Waals surface area contributed by atoms with Crippen molar-refractivity contribution >= 4 is 23.5 Å². The van der Waals surface area contributed by atoms with Gasteiger partial charge in [0, 0.05) is 12.8 Å². The Morgan fingerprint density at radius 3 is 2.38 bits per heavy atom. The molecule has 0 N–H and O–H groups in total. The fourth-order valence-electron chi connectivity index (χ4n) is 2.30. The van der Waals surface area contributed by atoms with Gasteiger partial charge >= 0.3 is 11.9 Å². The van der Waals surface area contributed by atoms with Gasteiger partial charge in [-0.1, -0.05) is 48.0 Å². The van der Waals surface area contributed by atoms with Crippen molar-refractivity contribution < 1.29 is 23.5 Å². The predicted molar refractivity (Wildman–Crippen MR) is 96.6 cm³/mol. The fourth-order valence-corrected chi connectivity index (χ4v) is 2.50. The van der Waals surface area contributed by atoms with Crippen LogP contribution in [0.15, 0.2) is 48.5 Å². The van der Waals surface area contributed by atoms with Crippen LogP contribution in [0, 0.1) is 5.82 Å². The van der Waals surface area contributed by atoms with E-state index in [0.717, 1.165) is 18.9 Å². The van der Waals surface area contributed by atoms with Gasteiger partial charge in [-0.3, -0.25) is 9.59 Å². The average molecular weight is 379 g/mol. The van der Waals surface area contributed by atoms with E-state index in [1.54, 1.807) is 0 Å². The second kappa shape index (κ2) is 10.6. The van der Waals surface area contributed by atoms with Crippen LogP contribution in [0.2, 0.25) is 5.02 Å². The number of halogens is 2. The quantitative estimate of drug-likeness (QED) is 0.359. The molecule has 0 heterocycles. The number of carbonyl (C=O) groups is 2. The average Bonchev–Trinajstić information content (AvgIpc) is 2.63. The van der Waals surface area contributed by atoms with Gasteiger partial charge in [0.15, 0.2) is 11.6 Å². The molecule has 2 aromatic carbocycles. The van der Waals surface area contributed by atoms with Gasteiger partial charge < -0.3 is 9.47 Å².